The van der Waals surface area contributed by atoms with Crippen molar-refractivity contribution in [3.05, 3.63) is 52.0 Å². The highest BCUT2D eigenvalue weighted by molar-refractivity contribution is 7.17. The zero-order chi connectivity index (χ0) is 15.5. The molecule has 0 aliphatic rings. The quantitative estimate of drug-likeness (QED) is 0.741. The number of thiazole rings is 1. The molecule has 0 unspecified atom stereocenters. The molecule has 2 heterocycles. The molecule has 0 fully saturated rings. The van der Waals surface area contributed by atoms with Crippen LogP contribution in [0.2, 0.25) is 5.15 Å². The van der Waals surface area contributed by atoms with Crippen LogP contribution in [0.5, 0.6) is 0 Å². The van der Waals surface area contributed by atoms with Gasteiger partial charge >= 0.3 is 0 Å². The number of nitrogens with zero attached hydrogens (tertiary/aromatic N) is 5. The molecule has 0 amide bonds. The predicted octanol–water partition coefficient (Wildman–Crippen LogP) is 3.63. The number of hydrogen-bond acceptors (Lipinski definition) is 6. The highest BCUT2D eigenvalue weighted by Crippen LogP contribution is 2.27. The Kier molecular flexibility index (Phi) is 4.17. The maximum absolute atomic E-state index is 6.16. The fourth-order valence-corrected chi connectivity index (χ4v) is 2.88. The van der Waals surface area contributed by atoms with Crippen LogP contribution in [0.15, 0.2) is 35.4 Å². The standard InChI is InChI=1S/C14H13ClN6S/c1-9-19-20-10(2)21(9)16-8-12-13(15)18-14(22-12)17-11-6-4-3-5-7-11/h3-8H,1-2H3,(H,17,18)/b16-8+. The first kappa shape index (κ1) is 14.7. The number of para-hydroxylation sites is 1. The number of aryl methyl sites for hydroxylation is 2. The Bertz CT molecular complexity index is 789. The molecule has 8 heteroatoms. The number of halogens is 1. The van der Waals surface area contributed by atoms with Gasteiger partial charge in [-0.15, -0.1) is 10.2 Å². The summed E-state index contributed by atoms with van der Waals surface area (Å²) in [6, 6.07) is 9.80. The van der Waals surface area contributed by atoms with Gasteiger partial charge in [0.2, 0.25) is 0 Å². The Morgan fingerprint density at radius 1 is 1.18 bits per heavy atom. The van der Waals surface area contributed by atoms with Gasteiger partial charge in [-0.2, -0.15) is 5.10 Å². The molecule has 3 aromatic rings. The van der Waals surface area contributed by atoms with Crippen LogP contribution in [0, 0.1) is 13.8 Å². The van der Waals surface area contributed by atoms with Gasteiger partial charge in [0.05, 0.1) is 11.1 Å². The van der Waals surface area contributed by atoms with Gasteiger partial charge < -0.3 is 5.32 Å². The van der Waals surface area contributed by atoms with Crippen molar-refractivity contribution in [2.45, 2.75) is 13.8 Å². The molecule has 0 bridgehead atoms. The average Bonchev–Trinajstić information content (AvgIpc) is 3.01. The summed E-state index contributed by atoms with van der Waals surface area (Å²) in [7, 11) is 0. The second-order valence-corrected chi connectivity index (χ2v) is 5.90. The summed E-state index contributed by atoms with van der Waals surface area (Å²) in [5.74, 6) is 1.44. The first-order valence-corrected chi connectivity index (χ1v) is 7.74. The van der Waals surface area contributed by atoms with E-state index in [1.165, 1.54) is 11.3 Å². The van der Waals surface area contributed by atoms with Crippen molar-refractivity contribution in [1.29, 1.82) is 0 Å². The maximum atomic E-state index is 6.16. The number of benzene rings is 1. The van der Waals surface area contributed by atoms with Gasteiger partial charge in [0.15, 0.2) is 21.9 Å². The van der Waals surface area contributed by atoms with E-state index < -0.39 is 0 Å². The topological polar surface area (TPSA) is 68.0 Å². The zero-order valence-corrected chi connectivity index (χ0v) is 13.6. The molecule has 1 aromatic carbocycles. The fourth-order valence-electron chi connectivity index (χ4n) is 1.83. The normalized spacial score (nSPS) is 11.2. The monoisotopic (exact) mass is 332 g/mol. The molecular weight excluding hydrogens is 320 g/mol. The zero-order valence-electron chi connectivity index (χ0n) is 12.0. The minimum Gasteiger partial charge on any atom is -0.331 e. The summed E-state index contributed by atoms with van der Waals surface area (Å²) in [4.78, 5) is 5.06. The lowest BCUT2D eigenvalue weighted by atomic mass is 10.3. The van der Waals surface area contributed by atoms with Crippen molar-refractivity contribution in [2.24, 2.45) is 5.10 Å². The molecule has 0 aliphatic heterocycles. The van der Waals surface area contributed by atoms with Gasteiger partial charge in [-0.3, -0.25) is 0 Å². The smallest absolute Gasteiger partial charge is 0.189 e. The van der Waals surface area contributed by atoms with E-state index >= 15 is 0 Å². The van der Waals surface area contributed by atoms with E-state index in [0.717, 1.165) is 27.3 Å². The Hall–Kier alpha value is -2.25. The van der Waals surface area contributed by atoms with E-state index in [0.29, 0.717) is 5.15 Å². The summed E-state index contributed by atoms with van der Waals surface area (Å²) in [5.41, 5.74) is 0.960. The fraction of sp³-hybridized carbons (Fsp3) is 0.143. The van der Waals surface area contributed by atoms with Crippen LogP contribution < -0.4 is 5.32 Å². The molecule has 0 saturated heterocycles. The summed E-state index contributed by atoms with van der Waals surface area (Å²) < 4.78 is 1.65. The molecule has 0 radical (unpaired) electrons. The Morgan fingerprint density at radius 2 is 1.86 bits per heavy atom. The highest BCUT2D eigenvalue weighted by atomic mass is 35.5. The van der Waals surface area contributed by atoms with E-state index in [1.54, 1.807) is 10.9 Å². The van der Waals surface area contributed by atoms with E-state index in [9.17, 15) is 0 Å². The van der Waals surface area contributed by atoms with E-state index in [1.807, 2.05) is 44.2 Å². The van der Waals surface area contributed by atoms with Crippen molar-refractivity contribution in [3.8, 4) is 0 Å². The SMILES string of the molecule is Cc1nnc(C)n1/N=C/c1sc(Nc2ccccc2)nc1Cl. The van der Waals surface area contributed by atoms with Gasteiger partial charge in [-0.25, -0.2) is 9.66 Å². The average molecular weight is 333 g/mol. The van der Waals surface area contributed by atoms with Gasteiger partial charge in [-0.1, -0.05) is 41.1 Å². The molecule has 1 N–H and O–H groups in total. The largest absolute Gasteiger partial charge is 0.331 e. The third kappa shape index (κ3) is 3.15. The minimum atomic E-state index is 0.413. The van der Waals surface area contributed by atoms with Crippen LogP contribution in [0.1, 0.15) is 16.5 Å². The lowest BCUT2D eigenvalue weighted by Gasteiger charge is -2.00. The van der Waals surface area contributed by atoms with Crippen LogP contribution in [0.25, 0.3) is 0 Å². The van der Waals surface area contributed by atoms with Crippen molar-refractivity contribution >= 4 is 40.0 Å². The molecule has 2 aromatic heterocycles. The lowest BCUT2D eigenvalue weighted by Crippen LogP contribution is -1.95. The summed E-state index contributed by atoms with van der Waals surface area (Å²) in [6.07, 6.45) is 1.67. The van der Waals surface area contributed by atoms with E-state index in [-0.39, 0.29) is 0 Å². The van der Waals surface area contributed by atoms with Crippen molar-refractivity contribution in [1.82, 2.24) is 19.9 Å². The van der Waals surface area contributed by atoms with Crippen molar-refractivity contribution < 1.29 is 0 Å². The number of hydrogen-bond donors (Lipinski definition) is 1. The van der Waals surface area contributed by atoms with Gasteiger partial charge in [0.25, 0.3) is 0 Å². The molecule has 0 aliphatic carbocycles. The maximum Gasteiger partial charge on any atom is 0.189 e. The predicted molar refractivity (Wildman–Crippen MR) is 89.3 cm³/mol. The third-order valence-electron chi connectivity index (χ3n) is 2.88. The van der Waals surface area contributed by atoms with Gasteiger partial charge in [0, 0.05) is 5.69 Å². The molecule has 0 atom stereocenters. The van der Waals surface area contributed by atoms with Crippen LogP contribution in [0.4, 0.5) is 10.8 Å². The Morgan fingerprint density at radius 3 is 2.55 bits per heavy atom. The molecule has 0 saturated carbocycles. The number of nitrogens with one attached hydrogen (secondary N) is 1. The summed E-state index contributed by atoms with van der Waals surface area (Å²) >= 11 is 7.59. The van der Waals surface area contributed by atoms with Crippen LogP contribution in [-0.2, 0) is 0 Å². The highest BCUT2D eigenvalue weighted by Gasteiger charge is 2.08. The first-order valence-electron chi connectivity index (χ1n) is 6.55. The number of rotatable bonds is 4. The third-order valence-corrected chi connectivity index (χ3v) is 4.18. The molecule has 3 rings (SSSR count). The van der Waals surface area contributed by atoms with Crippen LogP contribution >= 0.6 is 22.9 Å². The minimum absolute atomic E-state index is 0.413. The summed E-state index contributed by atoms with van der Waals surface area (Å²) in [6.45, 7) is 3.68. The Balaban J connectivity index is 1.81. The molecule has 6 nitrogen and oxygen atoms in total. The number of aromatic nitrogens is 4. The van der Waals surface area contributed by atoms with Crippen LogP contribution in [-0.4, -0.2) is 26.1 Å². The lowest BCUT2D eigenvalue weighted by molar-refractivity contribution is 0.799. The Labute approximate surface area is 136 Å². The van der Waals surface area contributed by atoms with Gasteiger partial charge in [-0.05, 0) is 26.0 Å². The van der Waals surface area contributed by atoms with Gasteiger partial charge in [0.1, 0.15) is 0 Å². The van der Waals surface area contributed by atoms with E-state index in [2.05, 4.69) is 25.6 Å². The first-order chi connectivity index (χ1) is 10.6. The van der Waals surface area contributed by atoms with Crippen LogP contribution in [0.3, 0.4) is 0 Å². The molecule has 0 spiro atoms. The molecule has 22 heavy (non-hydrogen) atoms. The second-order valence-electron chi connectivity index (χ2n) is 4.52. The number of anilines is 2. The van der Waals surface area contributed by atoms with Crippen molar-refractivity contribution in [3.63, 3.8) is 0 Å². The second kappa shape index (κ2) is 6.25. The summed E-state index contributed by atoms with van der Waals surface area (Å²) in [5, 5.41) is 16.6. The molecular formula is C14H13ClN6S. The van der Waals surface area contributed by atoms with Crippen molar-refractivity contribution in [2.75, 3.05) is 5.32 Å². The van der Waals surface area contributed by atoms with E-state index in [4.69, 9.17) is 11.6 Å². The molecule has 112 valence electrons.